The zero-order valence-electron chi connectivity index (χ0n) is 14.5. The molecule has 1 saturated heterocycles. The molecule has 3 rings (SSSR count). The van der Waals surface area contributed by atoms with Crippen LogP contribution in [-0.2, 0) is 11.2 Å². The summed E-state index contributed by atoms with van der Waals surface area (Å²) in [5, 5.41) is 3.12. The average Bonchev–Trinajstić information content (AvgIpc) is 2.63. The van der Waals surface area contributed by atoms with Gasteiger partial charge in [0.15, 0.2) is 0 Å². The first-order valence-electron chi connectivity index (χ1n) is 9.45. The lowest BCUT2D eigenvalue weighted by molar-refractivity contribution is -0.121. The molecule has 1 aromatic carbocycles. The van der Waals surface area contributed by atoms with Crippen molar-refractivity contribution in [1.29, 1.82) is 0 Å². The number of carbonyl (C=O) groups is 1. The quantitative estimate of drug-likeness (QED) is 0.892. The van der Waals surface area contributed by atoms with Gasteiger partial charge in [0.1, 0.15) is 5.82 Å². The molecule has 1 N–H and O–H groups in total. The van der Waals surface area contributed by atoms with Gasteiger partial charge in [-0.2, -0.15) is 0 Å². The predicted octanol–water partition coefficient (Wildman–Crippen LogP) is 3.67. The van der Waals surface area contributed by atoms with E-state index in [1.807, 2.05) is 0 Å². The maximum atomic E-state index is 13.7. The highest BCUT2D eigenvalue weighted by Crippen LogP contribution is 2.35. The minimum absolute atomic E-state index is 0.0675. The lowest BCUT2D eigenvalue weighted by Gasteiger charge is -2.48. The number of nitrogens with zero attached hydrogens (tertiary/aromatic N) is 1. The highest BCUT2D eigenvalue weighted by Gasteiger charge is 2.38. The first kappa shape index (κ1) is 17.4. The van der Waals surface area contributed by atoms with Gasteiger partial charge in [-0.25, -0.2) is 4.39 Å². The van der Waals surface area contributed by atoms with Gasteiger partial charge in [-0.15, -0.1) is 0 Å². The normalized spacial score (nSPS) is 21.4. The molecule has 3 nitrogen and oxygen atoms in total. The molecular formula is C20H29FN2O. The second-order valence-electron chi connectivity index (χ2n) is 7.38. The Labute approximate surface area is 144 Å². The van der Waals surface area contributed by atoms with Crippen LogP contribution in [0.4, 0.5) is 4.39 Å². The third-order valence-corrected chi connectivity index (χ3v) is 5.73. The number of piperidine rings is 1. The van der Waals surface area contributed by atoms with Crippen LogP contribution in [0.15, 0.2) is 24.3 Å². The van der Waals surface area contributed by atoms with Crippen LogP contribution in [0.2, 0.25) is 0 Å². The van der Waals surface area contributed by atoms with Gasteiger partial charge >= 0.3 is 0 Å². The zero-order chi connectivity index (χ0) is 16.8. The summed E-state index contributed by atoms with van der Waals surface area (Å²) in [6, 6.07) is 6.54. The molecule has 1 aliphatic carbocycles. The second kappa shape index (κ2) is 8.11. The molecule has 1 aromatic rings. The van der Waals surface area contributed by atoms with Gasteiger partial charge in [-0.1, -0.05) is 43.9 Å². The van der Waals surface area contributed by atoms with Crippen LogP contribution in [-0.4, -0.2) is 36.0 Å². The van der Waals surface area contributed by atoms with E-state index in [0.29, 0.717) is 12.1 Å². The molecule has 0 unspecified atom stereocenters. The Morgan fingerprint density at radius 2 is 1.71 bits per heavy atom. The number of hydrogen-bond acceptors (Lipinski definition) is 2. The lowest BCUT2D eigenvalue weighted by atomic mass is 9.79. The Balaban J connectivity index is 1.60. The van der Waals surface area contributed by atoms with Gasteiger partial charge in [-0.3, -0.25) is 9.69 Å². The standard InChI is InChI=1S/C20H29FN2O/c21-18-10-4-3-9-17(18)15-19(24)22-16-20(11-5-1-6-12-20)23-13-7-2-8-14-23/h3-4,9-10H,1-2,5-8,11-16H2,(H,22,24). The molecule has 1 amide bonds. The van der Waals surface area contributed by atoms with Gasteiger partial charge in [0, 0.05) is 12.1 Å². The summed E-state index contributed by atoms with van der Waals surface area (Å²) >= 11 is 0. The van der Waals surface area contributed by atoms with Crippen LogP contribution in [0.5, 0.6) is 0 Å². The van der Waals surface area contributed by atoms with E-state index in [-0.39, 0.29) is 23.7 Å². The third kappa shape index (κ3) is 4.15. The van der Waals surface area contributed by atoms with Crippen molar-refractivity contribution in [2.45, 2.75) is 63.3 Å². The number of hydrogen-bond donors (Lipinski definition) is 1. The maximum Gasteiger partial charge on any atom is 0.224 e. The van der Waals surface area contributed by atoms with Gasteiger partial charge in [0.05, 0.1) is 6.42 Å². The molecule has 132 valence electrons. The summed E-state index contributed by atoms with van der Waals surface area (Å²) in [4.78, 5) is 15.0. The highest BCUT2D eigenvalue weighted by atomic mass is 19.1. The zero-order valence-corrected chi connectivity index (χ0v) is 14.5. The summed E-state index contributed by atoms with van der Waals surface area (Å²) in [6.07, 6.45) is 10.1. The molecule has 4 heteroatoms. The van der Waals surface area contributed by atoms with Crippen molar-refractivity contribution in [3.8, 4) is 0 Å². The summed E-state index contributed by atoms with van der Waals surface area (Å²) in [6.45, 7) is 3.02. The van der Waals surface area contributed by atoms with Crippen molar-refractivity contribution in [2.75, 3.05) is 19.6 Å². The van der Waals surface area contributed by atoms with Crippen LogP contribution >= 0.6 is 0 Å². The molecule has 1 aliphatic heterocycles. The molecule has 24 heavy (non-hydrogen) atoms. The molecule has 2 fully saturated rings. The number of nitrogens with one attached hydrogen (secondary N) is 1. The predicted molar refractivity (Wildman–Crippen MR) is 94.4 cm³/mol. The number of likely N-dealkylation sites (tertiary alicyclic amines) is 1. The fourth-order valence-corrected chi connectivity index (χ4v) is 4.32. The molecule has 2 aliphatic rings. The van der Waals surface area contributed by atoms with Crippen molar-refractivity contribution < 1.29 is 9.18 Å². The molecule has 1 heterocycles. The van der Waals surface area contributed by atoms with Gasteiger partial charge in [-0.05, 0) is 50.4 Å². The molecule has 1 saturated carbocycles. The molecule has 0 spiro atoms. The Bertz CT molecular complexity index is 548. The number of halogens is 1. The first-order valence-corrected chi connectivity index (χ1v) is 9.45. The Hall–Kier alpha value is -1.42. The number of amides is 1. The van der Waals surface area contributed by atoms with Crippen molar-refractivity contribution in [3.63, 3.8) is 0 Å². The topological polar surface area (TPSA) is 32.3 Å². The van der Waals surface area contributed by atoms with E-state index in [1.54, 1.807) is 18.2 Å². The van der Waals surface area contributed by atoms with Gasteiger partial charge in [0.25, 0.3) is 0 Å². The number of carbonyl (C=O) groups excluding carboxylic acids is 1. The Morgan fingerprint density at radius 1 is 1.04 bits per heavy atom. The fourth-order valence-electron chi connectivity index (χ4n) is 4.32. The smallest absolute Gasteiger partial charge is 0.224 e. The van der Waals surface area contributed by atoms with E-state index in [1.165, 1.54) is 57.4 Å². The largest absolute Gasteiger partial charge is 0.354 e. The average molecular weight is 332 g/mol. The van der Waals surface area contributed by atoms with Crippen LogP contribution in [0.1, 0.15) is 56.9 Å². The van der Waals surface area contributed by atoms with E-state index in [2.05, 4.69) is 10.2 Å². The van der Waals surface area contributed by atoms with E-state index < -0.39 is 0 Å². The second-order valence-corrected chi connectivity index (χ2v) is 7.38. The van der Waals surface area contributed by atoms with Crippen LogP contribution < -0.4 is 5.32 Å². The van der Waals surface area contributed by atoms with Crippen LogP contribution in [0.25, 0.3) is 0 Å². The summed E-state index contributed by atoms with van der Waals surface area (Å²) in [5.74, 6) is -0.363. The van der Waals surface area contributed by atoms with Crippen molar-refractivity contribution >= 4 is 5.91 Å². The SMILES string of the molecule is O=C(Cc1ccccc1F)NCC1(N2CCCCC2)CCCCC1. The van der Waals surface area contributed by atoms with Gasteiger partial charge in [0.2, 0.25) is 5.91 Å². The molecule has 0 bridgehead atoms. The van der Waals surface area contributed by atoms with E-state index >= 15 is 0 Å². The number of rotatable bonds is 5. The van der Waals surface area contributed by atoms with Gasteiger partial charge < -0.3 is 5.32 Å². The van der Waals surface area contributed by atoms with Crippen molar-refractivity contribution in [2.24, 2.45) is 0 Å². The Morgan fingerprint density at radius 3 is 2.42 bits per heavy atom. The number of benzene rings is 1. The minimum atomic E-state index is -0.295. The fraction of sp³-hybridized carbons (Fsp3) is 0.650. The third-order valence-electron chi connectivity index (χ3n) is 5.73. The molecular weight excluding hydrogens is 303 g/mol. The molecule has 0 aromatic heterocycles. The van der Waals surface area contributed by atoms with Crippen LogP contribution in [0.3, 0.4) is 0 Å². The first-order chi connectivity index (χ1) is 11.7. The minimum Gasteiger partial charge on any atom is -0.354 e. The summed E-state index contributed by atoms with van der Waals surface area (Å²) in [5.41, 5.74) is 0.606. The molecule has 0 radical (unpaired) electrons. The van der Waals surface area contributed by atoms with E-state index in [4.69, 9.17) is 0 Å². The van der Waals surface area contributed by atoms with Crippen molar-refractivity contribution in [3.05, 3.63) is 35.6 Å². The Kier molecular flexibility index (Phi) is 5.88. The lowest BCUT2D eigenvalue weighted by Crippen LogP contribution is -2.58. The highest BCUT2D eigenvalue weighted by molar-refractivity contribution is 5.78. The van der Waals surface area contributed by atoms with E-state index in [9.17, 15) is 9.18 Å². The van der Waals surface area contributed by atoms with E-state index in [0.717, 1.165) is 13.1 Å². The summed E-state index contributed by atoms with van der Waals surface area (Å²) < 4.78 is 13.7. The monoisotopic (exact) mass is 332 g/mol. The maximum absolute atomic E-state index is 13.7. The summed E-state index contributed by atoms with van der Waals surface area (Å²) in [7, 11) is 0. The van der Waals surface area contributed by atoms with Crippen molar-refractivity contribution in [1.82, 2.24) is 10.2 Å². The van der Waals surface area contributed by atoms with Crippen LogP contribution in [0, 0.1) is 5.82 Å². The molecule has 0 atom stereocenters.